The minimum Gasteiger partial charge on any atom is -0.494 e. The Morgan fingerprint density at radius 1 is 1.23 bits per heavy atom. The van der Waals surface area contributed by atoms with Gasteiger partial charge < -0.3 is 4.74 Å². The smallest absolute Gasteiger partial charge is 0.123 e. The van der Waals surface area contributed by atoms with Crippen LogP contribution in [0, 0.1) is 31.0 Å². The molecule has 0 N–H and O–H groups in total. The largest absolute Gasteiger partial charge is 0.494 e. The van der Waals surface area contributed by atoms with Crippen molar-refractivity contribution in [3.8, 4) is 11.8 Å². The molecule has 0 spiro atoms. The molecule has 0 fully saturated rings. The fourth-order valence-electron chi connectivity index (χ4n) is 2.31. The molecule has 0 aliphatic rings. The lowest BCUT2D eigenvalue weighted by Crippen LogP contribution is -2.05. The first-order chi connectivity index (χ1) is 10.5. The second kappa shape index (κ2) is 7.29. The van der Waals surface area contributed by atoms with E-state index in [0.29, 0.717) is 18.6 Å². The van der Waals surface area contributed by atoms with Crippen LogP contribution in [0.25, 0.3) is 0 Å². The van der Waals surface area contributed by atoms with E-state index in [4.69, 9.17) is 16.3 Å². The van der Waals surface area contributed by atoms with Gasteiger partial charge in [-0.05, 0) is 54.8 Å². The average molecular weight is 318 g/mol. The molecule has 2 nitrogen and oxygen atoms in total. The van der Waals surface area contributed by atoms with Crippen molar-refractivity contribution >= 4 is 11.6 Å². The molecular weight excluding hydrogens is 301 g/mol. The molecule has 2 aromatic rings. The van der Waals surface area contributed by atoms with E-state index >= 15 is 0 Å². The Morgan fingerprint density at radius 3 is 2.50 bits per heavy atom. The Balaban J connectivity index is 1.99. The highest BCUT2D eigenvalue weighted by atomic mass is 35.5. The summed E-state index contributed by atoms with van der Waals surface area (Å²) in [6.45, 7) is 4.23. The Kier molecular flexibility index (Phi) is 5.41. The van der Waals surface area contributed by atoms with Crippen LogP contribution < -0.4 is 4.74 Å². The number of aryl methyl sites for hydroxylation is 2. The summed E-state index contributed by atoms with van der Waals surface area (Å²) < 4.78 is 18.9. The van der Waals surface area contributed by atoms with E-state index in [-0.39, 0.29) is 11.7 Å². The van der Waals surface area contributed by atoms with Gasteiger partial charge in [0.2, 0.25) is 0 Å². The van der Waals surface area contributed by atoms with Crippen molar-refractivity contribution in [2.75, 3.05) is 6.61 Å². The SMILES string of the molecule is Cc1cc(OCCC(C#N)c2cccc(F)c2)cc(C)c1Cl. The third-order valence-corrected chi connectivity index (χ3v) is 4.09. The van der Waals surface area contributed by atoms with Crippen molar-refractivity contribution in [2.45, 2.75) is 26.2 Å². The summed E-state index contributed by atoms with van der Waals surface area (Å²) in [5.74, 6) is 0.0168. The molecule has 0 saturated heterocycles. The fourth-order valence-corrected chi connectivity index (χ4v) is 2.42. The van der Waals surface area contributed by atoms with Crippen molar-refractivity contribution in [1.82, 2.24) is 0 Å². The topological polar surface area (TPSA) is 33.0 Å². The summed E-state index contributed by atoms with van der Waals surface area (Å²) in [6.07, 6.45) is 0.501. The average Bonchev–Trinajstić information content (AvgIpc) is 2.49. The van der Waals surface area contributed by atoms with Gasteiger partial charge in [0, 0.05) is 11.4 Å². The number of hydrogen-bond donors (Lipinski definition) is 0. The van der Waals surface area contributed by atoms with Gasteiger partial charge in [-0.3, -0.25) is 0 Å². The van der Waals surface area contributed by atoms with Gasteiger partial charge in [-0.15, -0.1) is 0 Å². The summed E-state index contributed by atoms with van der Waals surface area (Å²) in [5, 5.41) is 9.98. The molecule has 114 valence electrons. The zero-order valence-corrected chi connectivity index (χ0v) is 13.3. The van der Waals surface area contributed by atoms with E-state index in [2.05, 4.69) is 6.07 Å². The van der Waals surface area contributed by atoms with E-state index < -0.39 is 0 Å². The summed E-state index contributed by atoms with van der Waals surface area (Å²) in [4.78, 5) is 0. The van der Waals surface area contributed by atoms with Crippen LogP contribution in [0.3, 0.4) is 0 Å². The lowest BCUT2D eigenvalue weighted by Gasteiger charge is -2.12. The van der Waals surface area contributed by atoms with Crippen LogP contribution in [0.15, 0.2) is 36.4 Å². The number of benzene rings is 2. The van der Waals surface area contributed by atoms with E-state index in [9.17, 15) is 9.65 Å². The predicted molar refractivity (Wildman–Crippen MR) is 85.8 cm³/mol. The molecule has 2 rings (SSSR count). The molecule has 1 unspecified atom stereocenters. The Bertz CT molecular complexity index is 685. The van der Waals surface area contributed by atoms with Crippen LogP contribution in [-0.2, 0) is 0 Å². The van der Waals surface area contributed by atoms with E-state index in [0.717, 1.165) is 21.9 Å². The van der Waals surface area contributed by atoms with Gasteiger partial charge in [-0.1, -0.05) is 23.7 Å². The van der Waals surface area contributed by atoms with Gasteiger partial charge in [-0.2, -0.15) is 5.26 Å². The van der Waals surface area contributed by atoms with Crippen LogP contribution in [0.1, 0.15) is 29.0 Å². The minimum atomic E-state index is -0.384. The maximum absolute atomic E-state index is 13.2. The lowest BCUT2D eigenvalue weighted by molar-refractivity contribution is 0.305. The van der Waals surface area contributed by atoms with Gasteiger partial charge in [0.25, 0.3) is 0 Å². The quantitative estimate of drug-likeness (QED) is 0.762. The molecule has 0 amide bonds. The molecule has 0 aliphatic heterocycles. The molecule has 0 bridgehead atoms. The molecule has 0 saturated carbocycles. The number of halogens is 2. The molecule has 0 radical (unpaired) electrons. The van der Waals surface area contributed by atoms with Gasteiger partial charge in [0.15, 0.2) is 0 Å². The summed E-state index contributed by atoms with van der Waals surface area (Å²) in [5.41, 5.74) is 2.59. The predicted octanol–water partition coefficient (Wildman–Crippen LogP) is 5.17. The van der Waals surface area contributed by atoms with E-state index in [1.165, 1.54) is 12.1 Å². The summed E-state index contributed by atoms with van der Waals surface area (Å²) in [7, 11) is 0. The summed E-state index contributed by atoms with van der Waals surface area (Å²) in [6, 6.07) is 12.1. The number of hydrogen-bond acceptors (Lipinski definition) is 2. The monoisotopic (exact) mass is 317 g/mol. The number of rotatable bonds is 5. The molecule has 0 aromatic heterocycles. The molecular formula is C18H17ClFNO. The molecule has 22 heavy (non-hydrogen) atoms. The standard InChI is InChI=1S/C18H17ClFNO/c1-12-8-17(9-13(2)18(12)19)22-7-6-15(11-21)14-4-3-5-16(20)10-14/h3-5,8-10,15H,6-7H2,1-2H3. The maximum Gasteiger partial charge on any atom is 0.123 e. The maximum atomic E-state index is 13.2. The Labute approximate surface area is 135 Å². The minimum absolute atomic E-state index is 0.331. The molecule has 0 aliphatic carbocycles. The van der Waals surface area contributed by atoms with Crippen LogP contribution in [0.5, 0.6) is 5.75 Å². The molecule has 1 atom stereocenters. The van der Waals surface area contributed by atoms with Crippen molar-refractivity contribution in [3.63, 3.8) is 0 Å². The number of nitrogens with zero attached hydrogens (tertiary/aromatic N) is 1. The van der Waals surface area contributed by atoms with Crippen molar-refractivity contribution < 1.29 is 9.13 Å². The number of nitriles is 1. The fraction of sp³-hybridized carbons (Fsp3) is 0.278. The van der Waals surface area contributed by atoms with Crippen molar-refractivity contribution in [1.29, 1.82) is 5.26 Å². The second-order valence-corrected chi connectivity index (χ2v) is 5.62. The Hall–Kier alpha value is -2.05. The van der Waals surface area contributed by atoms with Crippen molar-refractivity contribution in [3.05, 3.63) is 63.9 Å². The first kappa shape index (κ1) is 16.3. The van der Waals surface area contributed by atoms with Gasteiger partial charge >= 0.3 is 0 Å². The van der Waals surface area contributed by atoms with Gasteiger partial charge in [0.1, 0.15) is 11.6 Å². The van der Waals surface area contributed by atoms with E-state index in [1.807, 2.05) is 26.0 Å². The highest BCUT2D eigenvalue weighted by molar-refractivity contribution is 6.32. The second-order valence-electron chi connectivity index (χ2n) is 5.24. The zero-order chi connectivity index (χ0) is 16.1. The number of ether oxygens (including phenoxy) is 1. The van der Waals surface area contributed by atoms with E-state index in [1.54, 1.807) is 12.1 Å². The molecule has 2 aromatic carbocycles. The van der Waals surface area contributed by atoms with Gasteiger partial charge in [-0.25, -0.2) is 4.39 Å². The Morgan fingerprint density at radius 2 is 1.91 bits per heavy atom. The highest BCUT2D eigenvalue weighted by Gasteiger charge is 2.12. The van der Waals surface area contributed by atoms with Crippen LogP contribution in [-0.4, -0.2) is 6.61 Å². The molecule has 0 heterocycles. The van der Waals surface area contributed by atoms with Crippen LogP contribution in [0.2, 0.25) is 5.02 Å². The summed E-state index contributed by atoms with van der Waals surface area (Å²) >= 11 is 6.12. The zero-order valence-electron chi connectivity index (χ0n) is 12.6. The molecule has 4 heteroatoms. The van der Waals surface area contributed by atoms with Gasteiger partial charge in [0.05, 0.1) is 18.6 Å². The van der Waals surface area contributed by atoms with Crippen LogP contribution in [0.4, 0.5) is 4.39 Å². The van der Waals surface area contributed by atoms with Crippen molar-refractivity contribution in [2.24, 2.45) is 0 Å². The van der Waals surface area contributed by atoms with Crippen LogP contribution >= 0.6 is 11.6 Å². The third-order valence-electron chi connectivity index (χ3n) is 3.49. The first-order valence-electron chi connectivity index (χ1n) is 7.06. The lowest BCUT2D eigenvalue weighted by atomic mass is 9.97. The first-order valence-corrected chi connectivity index (χ1v) is 7.43. The third kappa shape index (κ3) is 3.99. The highest BCUT2D eigenvalue weighted by Crippen LogP contribution is 2.26. The normalized spacial score (nSPS) is 11.8.